The summed E-state index contributed by atoms with van der Waals surface area (Å²) in [5.41, 5.74) is 3.09. The highest BCUT2D eigenvalue weighted by atomic mass is 16.2. The molecule has 0 saturated carbocycles. The molecule has 2 aliphatic rings. The van der Waals surface area contributed by atoms with Crippen LogP contribution in [0.1, 0.15) is 41.7 Å². The van der Waals surface area contributed by atoms with Crippen molar-refractivity contribution < 1.29 is 4.79 Å². The molecule has 2 aliphatic heterocycles. The number of pyridine rings is 1. The van der Waals surface area contributed by atoms with Crippen molar-refractivity contribution in [3.8, 4) is 0 Å². The SMILES string of the molecule is Cc1ncc2c(n1)C[C@@H]1CC[C@H]2N1C(=O)Cc1ccccn1. The van der Waals surface area contributed by atoms with E-state index in [1.807, 2.05) is 31.3 Å². The Morgan fingerprint density at radius 1 is 1.32 bits per heavy atom. The van der Waals surface area contributed by atoms with Gasteiger partial charge in [-0.25, -0.2) is 9.97 Å². The number of fused-ring (bicyclic) bond motifs is 4. The van der Waals surface area contributed by atoms with Crippen molar-refractivity contribution in [2.45, 2.75) is 44.7 Å². The minimum absolute atomic E-state index is 0.144. The predicted molar refractivity (Wildman–Crippen MR) is 81.0 cm³/mol. The number of carbonyl (C=O) groups is 1. The van der Waals surface area contributed by atoms with Crippen LogP contribution in [-0.2, 0) is 17.6 Å². The first kappa shape index (κ1) is 13.4. The molecule has 2 aromatic rings. The predicted octanol–water partition coefficient (Wildman–Crippen LogP) is 2.01. The van der Waals surface area contributed by atoms with Gasteiger partial charge in [0.1, 0.15) is 5.82 Å². The quantitative estimate of drug-likeness (QED) is 0.850. The Hall–Kier alpha value is -2.30. The first-order valence-electron chi connectivity index (χ1n) is 7.76. The molecule has 1 saturated heterocycles. The van der Waals surface area contributed by atoms with Crippen molar-refractivity contribution in [1.29, 1.82) is 0 Å². The Morgan fingerprint density at radius 2 is 2.23 bits per heavy atom. The van der Waals surface area contributed by atoms with E-state index >= 15 is 0 Å². The van der Waals surface area contributed by atoms with Crippen LogP contribution in [-0.4, -0.2) is 31.8 Å². The van der Waals surface area contributed by atoms with Gasteiger partial charge in [-0.05, 0) is 31.9 Å². The molecule has 4 heterocycles. The summed E-state index contributed by atoms with van der Waals surface area (Å²) in [6.07, 6.45) is 6.93. The molecule has 1 amide bonds. The maximum absolute atomic E-state index is 12.8. The van der Waals surface area contributed by atoms with Gasteiger partial charge in [0.25, 0.3) is 0 Å². The van der Waals surface area contributed by atoms with E-state index in [2.05, 4.69) is 19.9 Å². The van der Waals surface area contributed by atoms with Crippen LogP contribution in [0.3, 0.4) is 0 Å². The normalized spacial score (nSPS) is 22.5. The van der Waals surface area contributed by atoms with Gasteiger partial charge in [-0.1, -0.05) is 6.07 Å². The summed E-state index contributed by atoms with van der Waals surface area (Å²) in [7, 11) is 0. The zero-order valence-electron chi connectivity index (χ0n) is 12.6. The molecule has 2 bridgehead atoms. The van der Waals surface area contributed by atoms with Crippen LogP contribution < -0.4 is 0 Å². The van der Waals surface area contributed by atoms with E-state index in [0.29, 0.717) is 6.42 Å². The number of rotatable bonds is 2. The van der Waals surface area contributed by atoms with Crippen LogP contribution in [0.15, 0.2) is 30.6 Å². The number of carbonyl (C=O) groups excluding carboxylic acids is 1. The van der Waals surface area contributed by atoms with Crippen molar-refractivity contribution >= 4 is 5.91 Å². The smallest absolute Gasteiger partial charge is 0.229 e. The Kier molecular flexibility index (Phi) is 3.13. The second kappa shape index (κ2) is 5.16. The zero-order valence-corrected chi connectivity index (χ0v) is 12.6. The molecule has 0 aromatic carbocycles. The summed E-state index contributed by atoms with van der Waals surface area (Å²) >= 11 is 0. The fourth-order valence-corrected chi connectivity index (χ4v) is 3.71. The topological polar surface area (TPSA) is 59.0 Å². The number of amides is 1. The highest BCUT2D eigenvalue weighted by Crippen LogP contribution is 2.43. The maximum Gasteiger partial charge on any atom is 0.229 e. The average molecular weight is 294 g/mol. The summed E-state index contributed by atoms with van der Waals surface area (Å²) in [5, 5.41) is 0. The first-order chi connectivity index (χ1) is 10.7. The molecule has 2 aromatic heterocycles. The molecule has 0 aliphatic carbocycles. The van der Waals surface area contributed by atoms with Gasteiger partial charge >= 0.3 is 0 Å². The van der Waals surface area contributed by atoms with E-state index < -0.39 is 0 Å². The van der Waals surface area contributed by atoms with Gasteiger partial charge in [-0.3, -0.25) is 9.78 Å². The van der Waals surface area contributed by atoms with Crippen molar-refractivity contribution in [3.63, 3.8) is 0 Å². The standard InChI is InChI=1S/C17H18N4O/c1-11-19-10-14-15(20-11)9-13-5-6-16(14)21(13)17(22)8-12-4-2-3-7-18-12/h2-4,7,10,13,16H,5-6,8-9H2,1H3/t13-,16+/m0/s1. The number of hydrogen-bond donors (Lipinski definition) is 0. The van der Waals surface area contributed by atoms with Gasteiger partial charge in [-0.15, -0.1) is 0 Å². The van der Waals surface area contributed by atoms with Crippen molar-refractivity contribution in [2.75, 3.05) is 0 Å². The van der Waals surface area contributed by atoms with E-state index in [4.69, 9.17) is 0 Å². The Labute approximate surface area is 129 Å². The zero-order chi connectivity index (χ0) is 15.1. The minimum atomic E-state index is 0.144. The van der Waals surface area contributed by atoms with Crippen LogP contribution in [0.5, 0.6) is 0 Å². The minimum Gasteiger partial charge on any atom is -0.332 e. The van der Waals surface area contributed by atoms with Crippen molar-refractivity contribution in [1.82, 2.24) is 19.9 Å². The second-order valence-corrected chi connectivity index (χ2v) is 6.07. The number of hydrogen-bond acceptors (Lipinski definition) is 4. The maximum atomic E-state index is 12.8. The van der Waals surface area contributed by atoms with E-state index in [1.54, 1.807) is 6.20 Å². The van der Waals surface area contributed by atoms with Gasteiger partial charge in [0.15, 0.2) is 0 Å². The fraction of sp³-hybridized carbons (Fsp3) is 0.412. The van der Waals surface area contributed by atoms with E-state index in [-0.39, 0.29) is 18.0 Å². The summed E-state index contributed by atoms with van der Waals surface area (Å²) in [6, 6.07) is 6.12. The number of aromatic nitrogens is 3. The van der Waals surface area contributed by atoms with Gasteiger partial charge in [0.05, 0.1) is 18.2 Å². The van der Waals surface area contributed by atoms with E-state index in [9.17, 15) is 4.79 Å². The lowest BCUT2D eigenvalue weighted by Crippen LogP contribution is -2.43. The third-order valence-corrected chi connectivity index (χ3v) is 4.66. The first-order valence-corrected chi connectivity index (χ1v) is 7.76. The lowest BCUT2D eigenvalue weighted by molar-refractivity contribution is -0.134. The summed E-state index contributed by atoms with van der Waals surface area (Å²) < 4.78 is 0. The lowest BCUT2D eigenvalue weighted by Gasteiger charge is -2.35. The summed E-state index contributed by atoms with van der Waals surface area (Å²) in [6.45, 7) is 1.92. The summed E-state index contributed by atoms with van der Waals surface area (Å²) in [4.78, 5) is 28.0. The van der Waals surface area contributed by atoms with E-state index in [1.165, 1.54) is 0 Å². The molecule has 112 valence electrons. The van der Waals surface area contributed by atoms with Crippen LogP contribution in [0.2, 0.25) is 0 Å². The molecule has 0 unspecified atom stereocenters. The van der Waals surface area contributed by atoms with Crippen molar-refractivity contribution in [3.05, 3.63) is 53.4 Å². The van der Waals surface area contributed by atoms with Gasteiger partial charge in [-0.2, -0.15) is 0 Å². The fourth-order valence-electron chi connectivity index (χ4n) is 3.71. The molecular weight excluding hydrogens is 276 g/mol. The molecule has 5 nitrogen and oxygen atoms in total. The number of nitrogens with zero attached hydrogens (tertiary/aromatic N) is 4. The van der Waals surface area contributed by atoms with Gasteiger partial charge < -0.3 is 4.90 Å². The molecule has 0 spiro atoms. The Balaban J connectivity index is 1.61. The molecular formula is C17H18N4O. The highest BCUT2D eigenvalue weighted by molar-refractivity contribution is 5.80. The van der Waals surface area contributed by atoms with Gasteiger partial charge in [0.2, 0.25) is 5.91 Å². The monoisotopic (exact) mass is 294 g/mol. The second-order valence-electron chi connectivity index (χ2n) is 6.07. The van der Waals surface area contributed by atoms with Gasteiger partial charge in [0, 0.05) is 36.1 Å². The molecule has 0 N–H and O–H groups in total. The Morgan fingerprint density at radius 3 is 3.05 bits per heavy atom. The molecule has 4 rings (SSSR count). The van der Waals surface area contributed by atoms with Crippen LogP contribution in [0.25, 0.3) is 0 Å². The third-order valence-electron chi connectivity index (χ3n) is 4.66. The number of aryl methyl sites for hydroxylation is 1. The largest absolute Gasteiger partial charge is 0.332 e. The molecule has 22 heavy (non-hydrogen) atoms. The molecule has 5 heteroatoms. The average Bonchev–Trinajstić information content (AvgIpc) is 2.84. The van der Waals surface area contributed by atoms with Crippen molar-refractivity contribution in [2.24, 2.45) is 0 Å². The highest BCUT2D eigenvalue weighted by Gasteiger charge is 2.43. The molecule has 2 atom stereocenters. The lowest BCUT2D eigenvalue weighted by atomic mass is 9.98. The van der Waals surface area contributed by atoms with E-state index in [0.717, 1.165) is 42.0 Å². The van der Waals surface area contributed by atoms with Crippen LogP contribution in [0.4, 0.5) is 0 Å². The van der Waals surface area contributed by atoms with Crippen LogP contribution in [0, 0.1) is 6.92 Å². The van der Waals surface area contributed by atoms with Crippen LogP contribution >= 0.6 is 0 Å². The molecule has 1 fully saturated rings. The third kappa shape index (κ3) is 2.17. The molecule has 0 radical (unpaired) electrons. The summed E-state index contributed by atoms with van der Waals surface area (Å²) in [5.74, 6) is 0.976. The Bertz CT molecular complexity index is 716.